The van der Waals surface area contributed by atoms with Crippen molar-refractivity contribution in [2.75, 3.05) is 13.2 Å². The highest BCUT2D eigenvalue weighted by molar-refractivity contribution is 5.88. The molecule has 0 atom stereocenters. The van der Waals surface area contributed by atoms with E-state index in [1.54, 1.807) is 0 Å². The van der Waals surface area contributed by atoms with Crippen molar-refractivity contribution in [3.05, 3.63) is 12.7 Å². The van der Waals surface area contributed by atoms with E-state index in [2.05, 4.69) is 6.58 Å². The van der Waals surface area contributed by atoms with Crippen molar-refractivity contribution in [2.24, 2.45) is 0 Å². The molecule has 0 radical (unpaired) electrons. The van der Waals surface area contributed by atoms with Crippen LogP contribution in [0.2, 0.25) is 0 Å². The molecule has 3 nitrogen and oxygen atoms in total. The molecule has 1 heterocycles. The highest BCUT2D eigenvalue weighted by atomic mass is 16.7. The fraction of sp³-hybridized carbons (Fsp3) is 0.625. The number of ketones is 1. The molecule has 0 aliphatic carbocycles. The lowest BCUT2D eigenvalue weighted by atomic mass is 10.2. The van der Waals surface area contributed by atoms with Gasteiger partial charge in [0.2, 0.25) is 0 Å². The van der Waals surface area contributed by atoms with Crippen molar-refractivity contribution in [3.63, 3.8) is 0 Å². The van der Waals surface area contributed by atoms with E-state index in [1.165, 1.54) is 6.08 Å². The topological polar surface area (TPSA) is 35.5 Å². The molecule has 1 rings (SSSR count). The van der Waals surface area contributed by atoms with Crippen LogP contribution in [0.5, 0.6) is 0 Å². The average Bonchev–Trinajstić information content (AvgIpc) is 2.52. The molecule has 0 N–H and O–H groups in total. The van der Waals surface area contributed by atoms with Gasteiger partial charge in [-0.15, -0.1) is 0 Å². The van der Waals surface area contributed by atoms with Gasteiger partial charge in [0.25, 0.3) is 0 Å². The summed E-state index contributed by atoms with van der Waals surface area (Å²) in [5, 5.41) is 0. The molecule has 1 saturated heterocycles. The molecule has 0 aromatic heterocycles. The van der Waals surface area contributed by atoms with Crippen molar-refractivity contribution in [1.29, 1.82) is 0 Å². The molecule has 62 valence electrons. The third-order valence-electron chi connectivity index (χ3n) is 1.54. The van der Waals surface area contributed by atoms with Crippen LogP contribution in [-0.4, -0.2) is 25.3 Å². The Morgan fingerprint density at radius 2 is 2.18 bits per heavy atom. The van der Waals surface area contributed by atoms with E-state index in [9.17, 15) is 4.79 Å². The molecule has 3 heteroatoms. The second kappa shape index (κ2) is 4.26. The molecule has 11 heavy (non-hydrogen) atoms. The smallest absolute Gasteiger partial charge is 0.158 e. The Morgan fingerprint density at radius 3 is 2.73 bits per heavy atom. The maximum atomic E-state index is 10.7. The van der Waals surface area contributed by atoms with Gasteiger partial charge in [-0.1, -0.05) is 6.58 Å². The molecule has 1 aliphatic rings. The molecule has 1 fully saturated rings. The summed E-state index contributed by atoms with van der Waals surface area (Å²) in [6, 6.07) is 0. The third-order valence-corrected chi connectivity index (χ3v) is 1.54. The number of ether oxygens (including phenoxy) is 2. The van der Waals surface area contributed by atoms with Crippen LogP contribution < -0.4 is 0 Å². The van der Waals surface area contributed by atoms with Gasteiger partial charge in [-0.3, -0.25) is 4.79 Å². The second-order valence-electron chi connectivity index (χ2n) is 2.38. The molecule has 0 aromatic rings. The quantitative estimate of drug-likeness (QED) is 0.567. The fourth-order valence-electron chi connectivity index (χ4n) is 0.936. The largest absolute Gasteiger partial charge is 0.350 e. The zero-order chi connectivity index (χ0) is 8.10. The number of allylic oxidation sites excluding steroid dienone is 1. The van der Waals surface area contributed by atoms with Crippen LogP contribution in [0.1, 0.15) is 12.8 Å². The summed E-state index contributed by atoms with van der Waals surface area (Å²) in [6.07, 6.45) is 2.27. The Labute approximate surface area is 66.0 Å². The average molecular weight is 156 g/mol. The van der Waals surface area contributed by atoms with Crippen molar-refractivity contribution in [3.8, 4) is 0 Å². The van der Waals surface area contributed by atoms with E-state index in [0.717, 1.165) is 0 Å². The normalized spacial score (nSPS) is 18.5. The van der Waals surface area contributed by atoms with Crippen molar-refractivity contribution in [2.45, 2.75) is 19.1 Å². The Kier molecular flexibility index (Phi) is 3.26. The summed E-state index contributed by atoms with van der Waals surface area (Å²) in [7, 11) is 0. The van der Waals surface area contributed by atoms with Gasteiger partial charge in [-0.05, 0) is 6.08 Å². The molecule has 0 spiro atoms. The number of carbonyl (C=O) groups is 1. The summed E-state index contributed by atoms with van der Waals surface area (Å²) in [6.45, 7) is 4.67. The summed E-state index contributed by atoms with van der Waals surface area (Å²) in [4.78, 5) is 10.7. The minimum Gasteiger partial charge on any atom is -0.350 e. The summed E-state index contributed by atoms with van der Waals surface area (Å²) >= 11 is 0. The first-order valence-electron chi connectivity index (χ1n) is 3.71. The third kappa shape index (κ3) is 2.82. The predicted octanol–water partition coefficient (Wildman–Crippen LogP) is 0.895. The molecule has 0 bridgehead atoms. The predicted molar refractivity (Wildman–Crippen MR) is 40.1 cm³/mol. The maximum absolute atomic E-state index is 10.7. The minimum absolute atomic E-state index is 0.0455. The van der Waals surface area contributed by atoms with E-state index in [4.69, 9.17) is 9.47 Å². The molecule has 1 aliphatic heterocycles. The molecule has 0 unspecified atom stereocenters. The van der Waals surface area contributed by atoms with Gasteiger partial charge >= 0.3 is 0 Å². The zero-order valence-corrected chi connectivity index (χ0v) is 6.41. The molecular weight excluding hydrogens is 144 g/mol. The first kappa shape index (κ1) is 8.43. The molecular formula is C8H12O3. The number of rotatable bonds is 4. The van der Waals surface area contributed by atoms with E-state index in [1.807, 2.05) is 0 Å². The van der Waals surface area contributed by atoms with Crippen LogP contribution in [-0.2, 0) is 14.3 Å². The van der Waals surface area contributed by atoms with Crippen molar-refractivity contribution >= 4 is 5.78 Å². The Balaban J connectivity index is 2.10. The Morgan fingerprint density at radius 1 is 1.55 bits per heavy atom. The molecule has 0 saturated carbocycles. The summed E-state index contributed by atoms with van der Waals surface area (Å²) < 4.78 is 10.3. The lowest BCUT2D eigenvalue weighted by molar-refractivity contribution is -0.117. The van der Waals surface area contributed by atoms with Crippen molar-refractivity contribution in [1.82, 2.24) is 0 Å². The van der Waals surface area contributed by atoms with E-state index in [0.29, 0.717) is 26.1 Å². The summed E-state index contributed by atoms with van der Waals surface area (Å²) in [5.41, 5.74) is 0. The van der Waals surface area contributed by atoms with Crippen LogP contribution in [0.15, 0.2) is 12.7 Å². The van der Waals surface area contributed by atoms with Gasteiger partial charge in [0.15, 0.2) is 12.1 Å². The molecule has 0 aromatic carbocycles. The minimum atomic E-state index is -0.168. The van der Waals surface area contributed by atoms with Gasteiger partial charge in [-0.25, -0.2) is 0 Å². The van der Waals surface area contributed by atoms with Crippen LogP contribution >= 0.6 is 0 Å². The van der Waals surface area contributed by atoms with Gasteiger partial charge in [-0.2, -0.15) is 0 Å². The van der Waals surface area contributed by atoms with Gasteiger partial charge in [0, 0.05) is 12.8 Å². The second-order valence-corrected chi connectivity index (χ2v) is 2.38. The standard InChI is InChI=1S/C8H12O3/c1-2-7(9)3-4-8-10-5-6-11-8/h2,8H,1,3-6H2. The van der Waals surface area contributed by atoms with E-state index < -0.39 is 0 Å². The van der Waals surface area contributed by atoms with Crippen molar-refractivity contribution < 1.29 is 14.3 Å². The Bertz CT molecular complexity index is 147. The monoisotopic (exact) mass is 156 g/mol. The highest BCUT2D eigenvalue weighted by Crippen LogP contribution is 2.10. The summed E-state index contributed by atoms with van der Waals surface area (Å²) in [5.74, 6) is 0.0455. The number of hydrogen-bond acceptors (Lipinski definition) is 3. The zero-order valence-electron chi connectivity index (χ0n) is 6.41. The van der Waals surface area contributed by atoms with Gasteiger partial charge in [0.05, 0.1) is 13.2 Å². The number of carbonyl (C=O) groups excluding carboxylic acids is 1. The molecule has 0 amide bonds. The first-order valence-corrected chi connectivity index (χ1v) is 3.71. The van der Waals surface area contributed by atoms with E-state index >= 15 is 0 Å². The maximum Gasteiger partial charge on any atom is 0.158 e. The Hall–Kier alpha value is -0.670. The van der Waals surface area contributed by atoms with Crippen LogP contribution in [0.25, 0.3) is 0 Å². The fourth-order valence-corrected chi connectivity index (χ4v) is 0.936. The lowest BCUT2D eigenvalue weighted by Gasteiger charge is -2.05. The van der Waals surface area contributed by atoms with Crippen LogP contribution in [0, 0.1) is 0 Å². The van der Waals surface area contributed by atoms with Crippen LogP contribution in [0.3, 0.4) is 0 Å². The SMILES string of the molecule is C=CC(=O)CCC1OCCO1. The van der Waals surface area contributed by atoms with E-state index in [-0.39, 0.29) is 12.1 Å². The lowest BCUT2D eigenvalue weighted by Crippen LogP contribution is -2.09. The van der Waals surface area contributed by atoms with Crippen LogP contribution in [0.4, 0.5) is 0 Å². The first-order chi connectivity index (χ1) is 5.33. The highest BCUT2D eigenvalue weighted by Gasteiger charge is 2.15. The number of hydrogen-bond donors (Lipinski definition) is 0. The van der Waals surface area contributed by atoms with Gasteiger partial charge < -0.3 is 9.47 Å². The van der Waals surface area contributed by atoms with Gasteiger partial charge in [0.1, 0.15) is 0 Å².